The first kappa shape index (κ1) is 15.6. The number of benzene rings is 1. The number of sulfone groups is 1. The Morgan fingerprint density at radius 3 is 2.76 bits per heavy atom. The van der Waals surface area contributed by atoms with Crippen LogP contribution in [0.1, 0.15) is 13.8 Å². The molecular weight excluding hydrogens is 296 g/mol. The lowest BCUT2D eigenvalue weighted by molar-refractivity contribution is -0.385. The molecule has 1 atom stereocenters. The molecule has 116 valence electrons. The Balaban J connectivity index is 2.40. The third-order valence-corrected chi connectivity index (χ3v) is 5.66. The Labute approximate surface area is 123 Å². The van der Waals surface area contributed by atoms with Crippen LogP contribution in [0.15, 0.2) is 18.2 Å². The number of anilines is 1. The molecule has 1 unspecified atom stereocenters. The molecule has 0 amide bonds. The fourth-order valence-electron chi connectivity index (χ4n) is 2.39. The summed E-state index contributed by atoms with van der Waals surface area (Å²) in [5.74, 6) is 0.213. The van der Waals surface area contributed by atoms with Crippen molar-refractivity contribution < 1.29 is 18.1 Å². The molecule has 0 N–H and O–H groups in total. The summed E-state index contributed by atoms with van der Waals surface area (Å²) < 4.78 is 28.8. The second-order valence-electron chi connectivity index (χ2n) is 4.94. The van der Waals surface area contributed by atoms with E-state index in [2.05, 4.69) is 0 Å². The van der Waals surface area contributed by atoms with E-state index >= 15 is 0 Å². The number of nitrogens with zero attached hydrogens (tertiary/aromatic N) is 2. The van der Waals surface area contributed by atoms with Gasteiger partial charge in [-0.05, 0) is 26.0 Å². The van der Waals surface area contributed by atoms with E-state index in [1.807, 2.05) is 0 Å². The van der Waals surface area contributed by atoms with E-state index < -0.39 is 20.0 Å². The SMILES string of the molecule is CCOc1cccc(N2CCS(=O)(=O)C(C)C2)c1[N+](=O)[O-]. The summed E-state index contributed by atoms with van der Waals surface area (Å²) in [5.41, 5.74) is 0.304. The second-order valence-corrected chi connectivity index (χ2v) is 7.48. The van der Waals surface area contributed by atoms with E-state index in [4.69, 9.17) is 4.74 Å². The quantitative estimate of drug-likeness (QED) is 0.619. The molecule has 1 aromatic rings. The molecule has 0 aromatic heterocycles. The van der Waals surface area contributed by atoms with Crippen molar-refractivity contribution in [3.63, 3.8) is 0 Å². The molecule has 1 aliphatic rings. The normalized spacial score (nSPS) is 21.0. The van der Waals surface area contributed by atoms with Crippen molar-refractivity contribution in [2.24, 2.45) is 0 Å². The lowest BCUT2D eigenvalue weighted by Gasteiger charge is -2.32. The average molecular weight is 314 g/mol. The molecule has 0 aliphatic carbocycles. The summed E-state index contributed by atoms with van der Waals surface area (Å²) in [6.45, 7) is 4.21. The standard InChI is InChI=1S/C13H18N2O5S/c1-3-20-12-6-4-5-11(13(12)15(16)17)14-7-8-21(18,19)10(2)9-14/h4-6,10H,3,7-9H2,1-2H3. The van der Waals surface area contributed by atoms with E-state index in [-0.39, 0.29) is 30.3 Å². The maximum atomic E-state index is 11.8. The number of ether oxygens (including phenoxy) is 1. The minimum Gasteiger partial charge on any atom is -0.487 e. The Morgan fingerprint density at radius 1 is 1.48 bits per heavy atom. The molecule has 1 aliphatic heterocycles. The van der Waals surface area contributed by atoms with E-state index in [0.29, 0.717) is 12.3 Å². The first-order chi connectivity index (χ1) is 9.86. The van der Waals surface area contributed by atoms with Crippen molar-refractivity contribution >= 4 is 21.2 Å². The van der Waals surface area contributed by atoms with Gasteiger partial charge in [0, 0.05) is 13.1 Å². The van der Waals surface area contributed by atoms with Gasteiger partial charge < -0.3 is 9.64 Å². The monoisotopic (exact) mass is 314 g/mol. The van der Waals surface area contributed by atoms with Gasteiger partial charge in [0.2, 0.25) is 0 Å². The van der Waals surface area contributed by atoms with Gasteiger partial charge in [0.1, 0.15) is 5.69 Å². The third-order valence-electron chi connectivity index (χ3n) is 3.54. The molecule has 1 saturated heterocycles. The molecule has 7 nitrogen and oxygen atoms in total. The van der Waals surface area contributed by atoms with Crippen LogP contribution in [-0.2, 0) is 9.84 Å². The van der Waals surface area contributed by atoms with Gasteiger partial charge in [-0.1, -0.05) is 6.07 Å². The number of nitro benzene ring substituents is 1. The predicted octanol–water partition coefficient (Wildman–Crippen LogP) is 1.62. The van der Waals surface area contributed by atoms with Crippen molar-refractivity contribution in [1.29, 1.82) is 0 Å². The van der Waals surface area contributed by atoms with Crippen molar-refractivity contribution in [3.05, 3.63) is 28.3 Å². The van der Waals surface area contributed by atoms with Crippen LogP contribution in [0, 0.1) is 10.1 Å². The molecule has 1 aromatic carbocycles. The van der Waals surface area contributed by atoms with Crippen LogP contribution in [0.4, 0.5) is 11.4 Å². The van der Waals surface area contributed by atoms with E-state index in [0.717, 1.165) is 0 Å². The van der Waals surface area contributed by atoms with Gasteiger partial charge in [-0.25, -0.2) is 8.42 Å². The lowest BCUT2D eigenvalue weighted by atomic mass is 10.2. The van der Waals surface area contributed by atoms with Crippen molar-refractivity contribution in [1.82, 2.24) is 0 Å². The van der Waals surface area contributed by atoms with Crippen LogP contribution in [0.5, 0.6) is 5.75 Å². The third kappa shape index (κ3) is 3.10. The molecule has 0 spiro atoms. The van der Waals surface area contributed by atoms with Gasteiger partial charge in [-0.2, -0.15) is 0 Å². The van der Waals surface area contributed by atoms with Gasteiger partial charge in [-0.3, -0.25) is 10.1 Å². The van der Waals surface area contributed by atoms with Crippen molar-refractivity contribution in [3.8, 4) is 5.75 Å². The molecule has 8 heteroatoms. The lowest BCUT2D eigenvalue weighted by Crippen LogP contribution is -2.45. The fraction of sp³-hybridized carbons (Fsp3) is 0.538. The first-order valence-corrected chi connectivity index (χ1v) is 8.45. The van der Waals surface area contributed by atoms with Crippen LogP contribution >= 0.6 is 0 Å². The zero-order valence-electron chi connectivity index (χ0n) is 12.0. The van der Waals surface area contributed by atoms with Crippen LogP contribution in [0.3, 0.4) is 0 Å². The second kappa shape index (κ2) is 5.88. The maximum absolute atomic E-state index is 11.8. The summed E-state index contributed by atoms with van der Waals surface area (Å²) in [5, 5.41) is 10.8. The maximum Gasteiger partial charge on any atom is 0.333 e. The highest BCUT2D eigenvalue weighted by molar-refractivity contribution is 7.92. The topological polar surface area (TPSA) is 89.8 Å². The highest BCUT2D eigenvalue weighted by Crippen LogP contribution is 2.38. The summed E-state index contributed by atoms with van der Waals surface area (Å²) in [6, 6.07) is 4.86. The van der Waals surface area contributed by atoms with Crippen LogP contribution in [0.25, 0.3) is 0 Å². The highest BCUT2D eigenvalue weighted by Gasteiger charge is 2.33. The first-order valence-electron chi connectivity index (χ1n) is 6.73. The molecule has 2 rings (SSSR count). The van der Waals surface area contributed by atoms with Gasteiger partial charge in [0.05, 0.1) is 22.5 Å². The summed E-state index contributed by atoms with van der Waals surface area (Å²) in [7, 11) is -3.10. The van der Waals surface area contributed by atoms with Crippen LogP contribution in [-0.4, -0.2) is 44.0 Å². The number of para-hydroxylation sites is 1. The Hall–Kier alpha value is -1.83. The smallest absolute Gasteiger partial charge is 0.333 e. The van der Waals surface area contributed by atoms with E-state index in [1.165, 1.54) is 0 Å². The van der Waals surface area contributed by atoms with Crippen molar-refractivity contribution in [2.75, 3.05) is 30.3 Å². The average Bonchev–Trinajstić information content (AvgIpc) is 2.42. The molecule has 21 heavy (non-hydrogen) atoms. The van der Waals surface area contributed by atoms with Gasteiger partial charge in [-0.15, -0.1) is 0 Å². The Morgan fingerprint density at radius 2 is 2.19 bits per heavy atom. The molecule has 0 bridgehead atoms. The summed E-state index contributed by atoms with van der Waals surface area (Å²) in [4.78, 5) is 12.6. The predicted molar refractivity (Wildman–Crippen MR) is 79.7 cm³/mol. The highest BCUT2D eigenvalue weighted by atomic mass is 32.2. The molecular formula is C13H18N2O5S. The summed E-state index contributed by atoms with van der Waals surface area (Å²) in [6.07, 6.45) is 0. The zero-order valence-corrected chi connectivity index (χ0v) is 12.8. The molecule has 1 fully saturated rings. The fourth-order valence-corrected chi connectivity index (χ4v) is 3.68. The zero-order chi connectivity index (χ0) is 15.6. The molecule has 0 radical (unpaired) electrons. The van der Waals surface area contributed by atoms with Crippen molar-refractivity contribution in [2.45, 2.75) is 19.1 Å². The molecule has 1 heterocycles. The van der Waals surface area contributed by atoms with Crippen LogP contribution in [0.2, 0.25) is 0 Å². The Bertz CT molecular complexity index is 644. The van der Waals surface area contributed by atoms with E-state index in [9.17, 15) is 18.5 Å². The number of rotatable bonds is 4. The minimum absolute atomic E-state index is 0.00415. The minimum atomic E-state index is -3.10. The summed E-state index contributed by atoms with van der Waals surface area (Å²) >= 11 is 0. The van der Waals surface area contributed by atoms with Crippen LogP contribution < -0.4 is 9.64 Å². The molecule has 0 saturated carbocycles. The number of hydrogen-bond acceptors (Lipinski definition) is 6. The Kier molecular flexibility index (Phi) is 4.36. The van der Waals surface area contributed by atoms with Gasteiger partial charge >= 0.3 is 5.69 Å². The van der Waals surface area contributed by atoms with Gasteiger partial charge in [0.15, 0.2) is 15.6 Å². The largest absolute Gasteiger partial charge is 0.487 e. The van der Waals surface area contributed by atoms with E-state index in [1.54, 1.807) is 36.9 Å². The van der Waals surface area contributed by atoms with Gasteiger partial charge in [0.25, 0.3) is 0 Å². The number of hydrogen-bond donors (Lipinski definition) is 0. The number of nitro groups is 1.